The van der Waals surface area contributed by atoms with Crippen LogP contribution in [0.25, 0.3) is 0 Å². The van der Waals surface area contributed by atoms with Gasteiger partial charge in [0.2, 0.25) is 10.0 Å². The fourth-order valence-electron chi connectivity index (χ4n) is 1.51. The summed E-state index contributed by atoms with van der Waals surface area (Å²) in [5, 5.41) is 9.23. The highest BCUT2D eigenvalue weighted by atomic mass is 35.5. The van der Waals surface area contributed by atoms with Gasteiger partial charge < -0.3 is 5.32 Å². The van der Waals surface area contributed by atoms with E-state index in [2.05, 4.69) is 9.69 Å². The zero-order chi connectivity index (χ0) is 14.9. The fourth-order valence-corrected chi connectivity index (χ4v) is 3.27. The van der Waals surface area contributed by atoms with Crippen LogP contribution in [0.15, 0.2) is 28.5 Å². The molecule has 0 spiro atoms. The maximum absolute atomic E-state index is 12.0. The second kappa shape index (κ2) is 5.49. The topological polar surface area (TPSA) is 102 Å². The number of carbonyl (C=O) groups is 1. The number of hydrogen-bond donors (Lipinski definition) is 2. The molecule has 1 heterocycles. The Kier molecular flexibility index (Phi) is 4.09. The van der Waals surface area contributed by atoms with Crippen molar-refractivity contribution in [2.45, 2.75) is 11.8 Å². The van der Waals surface area contributed by atoms with Gasteiger partial charge in [-0.15, -0.1) is 0 Å². The van der Waals surface area contributed by atoms with Crippen LogP contribution in [0.5, 0.6) is 0 Å². The van der Waals surface area contributed by atoms with Crippen LogP contribution in [-0.2, 0) is 10.0 Å². The molecule has 0 aliphatic carbocycles. The van der Waals surface area contributed by atoms with Crippen molar-refractivity contribution >= 4 is 44.8 Å². The van der Waals surface area contributed by atoms with Gasteiger partial charge in [0, 0.05) is 11.1 Å². The van der Waals surface area contributed by atoms with Crippen molar-refractivity contribution in [2.75, 3.05) is 5.32 Å². The Bertz CT molecular complexity index is 771. The molecule has 6 nitrogen and oxygen atoms in total. The van der Waals surface area contributed by atoms with Crippen LogP contribution in [0, 0.1) is 6.92 Å². The molecule has 0 saturated carbocycles. The molecule has 2 aromatic rings. The zero-order valence-electron chi connectivity index (χ0n) is 10.3. The fraction of sp³-hybridized carbons (Fsp3) is 0.0909. The Balaban J connectivity index is 2.32. The average Bonchev–Trinajstić information content (AvgIpc) is 2.76. The molecule has 1 aromatic carbocycles. The molecule has 9 heteroatoms. The molecule has 0 atom stereocenters. The third kappa shape index (κ3) is 3.15. The average molecular weight is 332 g/mol. The Morgan fingerprint density at radius 1 is 1.45 bits per heavy atom. The number of benzene rings is 1. The molecular formula is C11H10ClN3O3S2. The number of halogens is 1. The predicted molar refractivity (Wildman–Crippen MR) is 77.6 cm³/mol. The SMILES string of the molecule is Cc1nscc1C(=O)Nc1ccc(Cl)c(S(N)(=O)=O)c1. The summed E-state index contributed by atoms with van der Waals surface area (Å²) in [5.41, 5.74) is 1.32. The van der Waals surface area contributed by atoms with Crippen molar-refractivity contribution in [3.8, 4) is 0 Å². The van der Waals surface area contributed by atoms with Gasteiger partial charge in [-0.2, -0.15) is 4.37 Å². The van der Waals surface area contributed by atoms with Crippen molar-refractivity contribution in [1.82, 2.24) is 4.37 Å². The summed E-state index contributed by atoms with van der Waals surface area (Å²) in [7, 11) is -3.95. The lowest BCUT2D eigenvalue weighted by Gasteiger charge is -2.07. The van der Waals surface area contributed by atoms with Crippen LogP contribution < -0.4 is 10.5 Å². The van der Waals surface area contributed by atoms with Gasteiger partial charge in [-0.05, 0) is 36.7 Å². The van der Waals surface area contributed by atoms with E-state index >= 15 is 0 Å². The number of sulfonamides is 1. The van der Waals surface area contributed by atoms with Gasteiger partial charge in [0.1, 0.15) is 4.90 Å². The van der Waals surface area contributed by atoms with E-state index in [1.165, 1.54) is 29.7 Å². The lowest BCUT2D eigenvalue weighted by Crippen LogP contribution is -2.15. The molecular weight excluding hydrogens is 322 g/mol. The van der Waals surface area contributed by atoms with E-state index in [0.717, 1.165) is 0 Å². The number of aromatic nitrogens is 1. The van der Waals surface area contributed by atoms with Crippen LogP contribution in [0.2, 0.25) is 5.02 Å². The second-order valence-electron chi connectivity index (χ2n) is 3.96. The number of carbonyl (C=O) groups excluding carboxylic acids is 1. The molecule has 106 valence electrons. The van der Waals surface area contributed by atoms with Gasteiger partial charge in [0.05, 0.1) is 16.3 Å². The first kappa shape index (κ1) is 14.9. The lowest BCUT2D eigenvalue weighted by atomic mass is 10.2. The van der Waals surface area contributed by atoms with Crippen molar-refractivity contribution in [3.63, 3.8) is 0 Å². The van der Waals surface area contributed by atoms with E-state index < -0.39 is 10.0 Å². The van der Waals surface area contributed by atoms with Crippen molar-refractivity contribution in [2.24, 2.45) is 5.14 Å². The van der Waals surface area contributed by atoms with Crippen LogP contribution in [0.4, 0.5) is 5.69 Å². The first-order valence-corrected chi connectivity index (χ1v) is 8.10. The first-order chi connectivity index (χ1) is 9.29. The van der Waals surface area contributed by atoms with Gasteiger partial charge >= 0.3 is 0 Å². The molecule has 0 fully saturated rings. The minimum atomic E-state index is -3.95. The van der Waals surface area contributed by atoms with Crippen molar-refractivity contribution in [3.05, 3.63) is 39.9 Å². The summed E-state index contributed by atoms with van der Waals surface area (Å²) in [6.45, 7) is 1.71. The third-order valence-corrected chi connectivity index (χ3v) is 4.60. The van der Waals surface area contributed by atoms with E-state index in [-0.39, 0.29) is 21.5 Å². The quantitative estimate of drug-likeness (QED) is 0.897. The number of hydrogen-bond acceptors (Lipinski definition) is 5. The minimum Gasteiger partial charge on any atom is -0.322 e. The van der Waals surface area contributed by atoms with Crippen molar-refractivity contribution in [1.29, 1.82) is 0 Å². The summed E-state index contributed by atoms with van der Waals surface area (Å²) in [4.78, 5) is 11.7. The van der Waals surface area contributed by atoms with E-state index in [0.29, 0.717) is 11.3 Å². The van der Waals surface area contributed by atoms with Gasteiger partial charge in [-0.25, -0.2) is 13.6 Å². The maximum Gasteiger partial charge on any atom is 0.258 e. The number of primary sulfonamides is 1. The van der Waals surface area contributed by atoms with E-state index in [1.54, 1.807) is 12.3 Å². The number of nitrogens with two attached hydrogens (primary N) is 1. The molecule has 2 rings (SSSR count). The highest BCUT2D eigenvalue weighted by Gasteiger charge is 2.16. The number of anilines is 1. The monoisotopic (exact) mass is 331 g/mol. The molecule has 0 radical (unpaired) electrons. The number of nitrogens with zero attached hydrogens (tertiary/aromatic N) is 1. The Morgan fingerprint density at radius 2 is 2.15 bits per heavy atom. The highest BCUT2D eigenvalue weighted by molar-refractivity contribution is 7.89. The number of amides is 1. The molecule has 3 N–H and O–H groups in total. The van der Waals surface area contributed by atoms with E-state index in [1.807, 2.05) is 0 Å². The summed E-state index contributed by atoms with van der Waals surface area (Å²) < 4.78 is 26.7. The van der Waals surface area contributed by atoms with Gasteiger partial charge in [-0.1, -0.05) is 11.6 Å². The van der Waals surface area contributed by atoms with Crippen molar-refractivity contribution < 1.29 is 13.2 Å². The third-order valence-electron chi connectivity index (χ3n) is 2.49. The Morgan fingerprint density at radius 3 is 2.70 bits per heavy atom. The Labute approximate surface area is 124 Å². The smallest absolute Gasteiger partial charge is 0.258 e. The molecule has 0 aliphatic heterocycles. The van der Waals surface area contributed by atoms with Crippen LogP contribution in [0.1, 0.15) is 16.1 Å². The number of nitrogens with one attached hydrogen (secondary N) is 1. The summed E-state index contributed by atoms with van der Waals surface area (Å²) in [6, 6.07) is 4.06. The summed E-state index contributed by atoms with van der Waals surface area (Å²) in [5.74, 6) is -0.376. The maximum atomic E-state index is 12.0. The number of rotatable bonds is 3. The Hall–Kier alpha value is -1.48. The second-order valence-corrected chi connectivity index (χ2v) is 6.52. The standard InChI is InChI=1S/C11H10ClN3O3S2/c1-6-8(5-19-15-6)11(16)14-7-2-3-9(12)10(4-7)20(13,17)18/h2-5H,1H3,(H,14,16)(H2,13,17,18). The highest BCUT2D eigenvalue weighted by Crippen LogP contribution is 2.24. The molecule has 0 unspecified atom stereocenters. The summed E-state index contributed by atoms with van der Waals surface area (Å²) >= 11 is 6.93. The van der Waals surface area contributed by atoms with Gasteiger partial charge in [-0.3, -0.25) is 4.79 Å². The lowest BCUT2D eigenvalue weighted by molar-refractivity contribution is 0.102. The van der Waals surface area contributed by atoms with E-state index in [9.17, 15) is 13.2 Å². The first-order valence-electron chi connectivity index (χ1n) is 5.33. The van der Waals surface area contributed by atoms with Crippen LogP contribution in [-0.4, -0.2) is 18.7 Å². The molecule has 20 heavy (non-hydrogen) atoms. The normalized spacial score (nSPS) is 11.3. The number of aryl methyl sites for hydroxylation is 1. The van der Waals surface area contributed by atoms with Gasteiger partial charge in [0.25, 0.3) is 5.91 Å². The van der Waals surface area contributed by atoms with E-state index in [4.69, 9.17) is 16.7 Å². The van der Waals surface area contributed by atoms with Crippen LogP contribution >= 0.6 is 23.1 Å². The van der Waals surface area contributed by atoms with Crippen LogP contribution in [0.3, 0.4) is 0 Å². The molecule has 0 bridgehead atoms. The minimum absolute atomic E-state index is 0.00104. The molecule has 0 aliphatic rings. The predicted octanol–water partition coefficient (Wildman–Crippen LogP) is 2.00. The zero-order valence-corrected chi connectivity index (χ0v) is 12.6. The van der Waals surface area contributed by atoms with Gasteiger partial charge in [0.15, 0.2) is 0 Å². The molecule has 0 saturated heterocycles. The molecule has 1 aromatic heterocycles. The largest absolute Gasteiger partial charge is 0.322 e. The summed E-state index contributed by atoms with van der Waals surface area (Å²) in [6.07, 6.45) is 0. The molecule has 1 amide bonds.